The quantitative estimate of drug-likeness (QED) is 0.670. The average molecular weight is 212 g/mol. The van der Waals surface area contributed by atoms with E-state index in [0.717, 1.165) is 18.5 Å². The fraction of sp³-hybridized carbons (Fsp3) is 1.00. The van der Waals surface area contributed by atoms with Gasteiger partial charge in [0.25, 0.3) is 0 Å². The van der Waals surface area contributed by atoms with Crippen molar-refractivity contribution in [3.8, 4) is 0 Å². The molecule has 0 aliphatic heterocycles. The Labute approximate surface area is 95.2 Å². The topological polar surface area (TPSA) is 29.3 Å². The molecule has 1 atom stereocenters. The second kappa shape index (κ2) is 6.49. The average Bonchev–Trinajstić information content (AvgIpc) is 2.98. The third-order valence-corrected chi connectivity index (χ3v) is 3.19. The number of hydrogen-bond acceptors (Lipinski definition) is 2. The molecule has 1 rings (SSSR count). The minimum absolute atomic E-state index is 0.717. The molecule has 15 heavy (non-hydrogen) atoms. The van der Waals surface area contributed by atoms with Crippen molar-refractivity contribution >= 4 is 0 Å². The molecule has 1 fully saturated rings. The SMILES string of the molecule is CCCC(CN)CN(CC(C)C)C1CC1. The number of hydrogen-bond donors (Lipinski definition) is 1. The van der Waals surface area contributed by atoms with Crippen LogP contribution in [-0.4, -0.2) is 30.6 Å². The molecular weight excluding hydrogens is 184 g/mol. The van der Waals surface area contributed by atoms with E-state index in [1.54, 1.807) is 0 Å². The molecule has 1 aliphatic carbocycles. The first-order chi connectivity index (χ1) is 7.17. The number of nitrogens with zero attached hydrogens (tertiary/aromatic N) is 1. The van der Waals surface area contributed by atoms with Crippen molar-refractivity contribution in [3.63, 3.8) is 0 Å². The van der Waals surface area contributed by atoms with Crippen molar-refractivity contribution in [3.05, 3.63) is 0 Å². The lowest BCUT2D eigenvalue weighted by molar-refractivity contribution is 0.195. The smallest absolute Gasteiger partial charge is 0.00966 e. The molecule has 2 nitrogen and oxygen atoms in total. The van der Waals surface area contributed by atoms with E-state index in [2.05, 4.69) is 25.7 Å². The first kappa shape index (κ1) is 13.0. The highest BCUT2D eigenvalue weighted by Gasteiger charge is 2.30. The summed E-state index contributed by atoms with van der Waals surface area (Å²) in [7, 11) is 0. The Hall–Kier alpha value is -0.0800. The van der Waals surface area contributed by atoms with Gasteiger partial charge in [-0.25, -0.2) is 0 Å². The summed E-state index contributed by atoms with van der Waals surface area (Å²) < 4.78 is 0. The Morgan fingerprint density at radius 3 is 2.33 bits per heavy atom. The molecule has 1 saturated carbocycles. The Kier molecular flexibility index (Phi) is 5.62. The highest BCUT2D eigenvalue weighted by Crippen LogP contribution is 2.28. The zero-order valence-corrected chi connectivity index (χ0v) is 10.7. The maximum atomic E-state index is 5.83. The Balaban J connectivity index is 2.34. The lowest BCUT2D eigenvalue weighted by Gasteiger charge is -2.28. The predicted octanol–water partition coefficient (Wildman–Crippen LogP) is 2.48. The summed E-state index contributed by atoms with van der Waals surface area (Å²) in [5.41, 5.74) is 5.83. The van der Waals surface area contributed by atoms with Crippen LogP contribution in [0.2, 0.25) is 0 Å². The molecule has 1 aliphatic rings. The van der Waals surface area contributed by atoms with Gasteiger partial charge < -0.3 is 5.73 Å². The van der Waals surface area contributed by atoms with Crippen molar-refractivity contribution in [2.45, 2.75) is 52.5 Å². The Morgan fingerprint density at radius 1 is 1.27 bits per heavy atom. The third-order valence-electron chi connectivity index (χ3n) is 3.19. The van der Waals surface area contributed by atoms with Gasteiger partial charge in [-0.2, -0.15) is 0 Å². The van der Waals surface area contributed by atoms with Gasteiger partial charge in [-0.15, -0.1) is 0 Å². The van der Waals surface area contributed by atoms with E-state index in [-0.39, 0.29) is 0 Å². The van der Waals surface area contributed by atoms with E-state index in [1.165, 1.54) is 38.8 Å². The fourth-order valence-corrected chi connectivity index (χ4v) is 2.30. The van der Waals surface area contributed by atoms with Gasteiger partial charge >= 0.3 is 0 Å². The monoisotopic (exact) mass is 212 g/mol. The highest BCUT2D eigenvalue weighted by atomic mass is 15.2. The van der Waals surface area contributed by atoms with Crippen LogP contribution in [0.25, 0.3) is 0 Å². The van der Waals surface area contributed by atoms with Gasteiger partial charge in [0.15, 0.2) is 0 Å². The third kappa shape index (κ3) is 4.98. The van der Waals surface area contributed by atoms with Crippen LogP contribution in [0, 0.1) is 11.8 Å². The molecule has 0 amide bonds. The second-order valence-electron chi connectivity index (χ2n) is 5.47. The molecule has 0 bridgehead atoms. The molecule has 90 valence electrons. The molecule has 0 saturated heterocycles. The van der Waals surface area contributed by atoms with Gasteiger partial charge in [-0.1, -0.05) is 27.2 Å². The van der Waals surface area contributed by atoms with E-state index >= 15 is 0 Å². The van der Waals surface area contributed by atoms with Crippen molar-refractivity contribution in [2.75, 3.05) is 19.6 Å². The molecule has 0 radical (unpaired) electrons. The minimum Gasteiger partial charge on any atom is -0.330 e. The molecule has 0 aromatic heterocycles. The first-order valence-electron chi connectivity index (χ1n) is 6.61. The van der Waals surface area contributed by atoms with E-state index in [0.29, 0.717) is 5.92 Å². The van der Waals surface area contributed by atoms with Crippen molar-refractivity contribution in [2.24, 2.45) is 17.6 Å². The zero-order chi connectivity index (χ0) is 11.3. The van der Waals surface area contributed by atoms with Gasteiger partial charge in [0.2, 0.25) is 0 Å². The standard InChI is InChI=1S/C13H28N2/c1-4-5-12(8-14)10-15(9-11(2)3)13-6-7-13/h11-13H,4-10,14H2,1-3H3. The molecule has 0 aromatic rings. The molecular formula is C13H28N2. The molecule has 1 unspecified atom stereocenters. The summed E-state index contributed by atoms with van der Waals surface area (Å²) in [5.74, 6) is 1.50. The first-order valence-corrected chi connectivity index (χ1v) is 6.61. The molecule has 0 spiro atoms. The van der Waals surface area contributed by atoms with Gasteiger partial charge in [-0.3, -0.25) is 4.90 Å². The maximum absolute atomic E-state index is 5.83. The van der Waals surface area contributed by atoms with E-state index in [9.17, 15) is 0 Å². The lowest BCUT2D eigenvalue weighted by Crippen LogP contribution is -2.37. The largest absolute Gasteiger partial charge is 0.330 e. The summed E-state index contributed by atoms with van der Waals surface area (Å²) >= 11 is 0. The summed E-state index contributed by atoms with van der Waals surface area (Å²) in [5, 5.41) is 0. The summed E-state index contributed by atoms with van der Waals surface area (Å²) in [4.78, 5) is 2.68. The van der Waals surface area contributed by atoms with E-state index < -0.39 is 0 Å². The van der Waals surface area contributed by atoms with E-state index in [4.69, 9.17) is 5.73 Å². The van der Waals surface area contributed by atoms with Crippen LogP contribution in [0.15, 0.2) is 0 Å². The molecule has 2 heteroatoms. The van der Waals surface area contributed by atoms with Crippen LogP contribution >= 0.6 is 0 Å². The Bertz CT molecular complexity index is 164. The summed E-state index contributed by atoms with van der Waals surface area (Å²) in [6, 6.07) is 0.887. The van der Waals surface area contributed by atoms with Crippen LogP contribution in [0.5, 0.6) is 0 Å². The van der Waals surface area contributed by atoms with Gasteiger partial charge in [-0.05, 0) is 37.6 Å². The van der Waals surface area contributed by atoms with Crippen molar-refractivity contribution in [1.29, 1.82) is 0 Å². The second-order valence-corrected chi connectivity index (χ2v) is 5.47. The molecule has 0 aromatic carbocycles. The lowest BCUT2D eigenvalue weighted by atomic mass is 10.0. The number of nitrogens with two attached hydrogens (primary N) is 1. The van der Waals surface area contributed by atoms with Crippen LogP contribution in [0.1, 0.15) is 46.5 Å². The molecule has 0 heterocycles. The Morgan fingerprint density at radius 2 is 1.93 bits per heavy atom. The van der Waals surface area contributed by atoms with Crippen LogP contribution in [0.3, 0.4) is 0 Å². The summed E-state index contributed by atoms with van der Waals surface area (Å²) in [6.07, 6.45) is 5.38. The molecule has 2 N–H and O–H groups in total. The van der Waals surface area contributed by atoms with Crippen LogP contribution < -0.4 is 5.73 Å². The van der Waals surface area contributed by atoms with Crippen LogP contribution in [0.4, 0.5) is 0 Å². The normalized spacial score (nSPS) is 18.8. The summed E-state index contributed by atoms with van der Waals surface area (Å²) in [6.45, 7) is 10.2. The minimum atomic E-state index is 0.717. The van der Waals surface area contributed by atoms with E-state index in [1.807, 2.05) is 0 Å². The fourth-order valence-electron chi connectivity index (χ4n) is 2.30. The number of rotatable bonds is 8. The van der Waals surface area contributed by atoms with Crippen molar-refractivity contribution in [1.82, 2.24) is 4.90 Å². The predicted molar refractivity (Wildman–Crippen MR) is 66.9 cm³/mol. The maximum Gasteiger partial charge on any atom is 0.00966 e. The zero-order valence-electron chi connectivity index (χ0n) is 10.7. The van der Waals surface area contributed by atoms with Crippen molar-refractivity contribution < 1.29 is 0 Å². The van der Waals surface area contributed by atoms with Gasteiger partial charge in [0.05, 0.1) is 0 Å². The highest BCUT2D eigenvalue weighted by molar-refractivity contribution is 4.86. The van der Waals surface area contributed by atoms with Crippen LogP contribution in [-0.2, 0) is 0 Å². The van der Waals surface area contributed by atoms with Gasteiger partial charge in [0.1, 0.15) is 0 Å². The van der Waals surface area contributed by atoms with Gasteiger partial charge in [0, 0.05) is 19.1 Å².